The van der Waals surface area contributed by atoms with Crippen molar-refractivity contribution in [2.24, 2.45) is 0 Å². The van der Waals surface area contributed by atoms with Gasteiger partial charge in [0, 0.05) is 5.57 Å². The second-order valence-electron chi connectivity index (χ2n) is 6.55. The molecular weight excluding hydrogens is 355 g/mol. The lowest BCUT2D eigenvalue weighted by atomic mass is 9.79. The summed E-state index contributed by atoms with van der Waals surface area (Å²) in [5.41, 5.74) is 0.0291. The predicted molar refractivity (Wildman–Crippen MR) is 94.0 cm³/mol. The van der Waals surface area contributed by atoms with Gasteiger partial charge in [0.05, 0.1) is 0 Å². The number of carbonyl (C=O) groups excluding carboxylic acids is 3. The van der Waals surface area contributed by atoms with E-state index in [4.69, 9.17) is 9.47 Å². The zero-order valence-corrected chi connectivity index (χ0v) is 15.3. The summed E-state index contributed by atoms with van der Waals surface area (Å²) in [4.78, 5) is 35.0. The van der Waals surface area contributed by atoms with Gasteiger partial charge < -0.3 is 14.2 Å². The molecule has 1 aliphatic carbocycles. The second-order valence-corrected chi connectivity index (χ2v) is 6.55. The van der Waals surface area contributed by atoms with Crippen LogP contribution in [-0.4, -0.2) is 31.1 Å². The molecule has 0 N–H and O–H groups in total. The number of halogens is 1. The van der Waals surface area contributed by atoms with Crippen LogP contribution in [0.25, 0.3) is 0 Å². The fourth-order valence-corrected chi connectivity index (χ4v) is 3.00. The smallest absolute Gasteiger partial charge is 0.345 e. The molecule has 2 rings (SSSR count). The fraction of sp³-hybridized carbons (Fsp3) is 0.450. The van der Waals surface area contributed by atoms with Gasteiger partial charge in [-0.2, -0.15) is 0 Å². The van der Waals surface area contributed by atoms with Gasteiger partial charge >= 0.3 is 17.9 Å². The lowest BCUT2D eigenvalue weighted by molar-refractivity contribution is -0.176. The van der Waals surface area contributed by atoms with Crippen molar-refractivity contribution < 1.29 is 33.0 Å². The molecule has 1 aromatic rings. The molecule has 0 bridgehead atoms. The minimum Gasteiger partial charge on any atom is -0.452 e. The molecule has 0 atom stereocenters. The Hall–Kier alpha value is -2.70. The molecule has 1 saturated carbocycles. The van der Waals surface area contributed by atoms with Gasteiger partial charge in [0.1, 0.15) is 11.4 Å². The number of esters is 3. The van der Waals surface area contributed by atoms with Crippen LogP contribution in [-0.2, 0) is 34.2 Å². The average Bonchev–Trinajstić information content (AvgIpc) is 2.65. The number of rotatable bonds is 7. The van der Waals surface area contributed by atoms with E-state index in [-0.39, 0.29) is 11.4 Å². The summed E-state index contributed by atoms with van der Waals surface area (Å²) in [6.07, 6.45) is 4.02. The number of ether oxygens (including phenoxy) is 3. The van der Waals surface area contributed by atoms with Crippen molar-refractivity contribution in [1.82, 2.24) is 0 Å². The molecule has 146 valence electrons. The number of hydrogen-bond acceptors (Lipinski definition) is 6. The van der Waals surface area contributed by atoms with Crippen LogP contribution in [0.3, 0.4) is 0 Å². The van der Waals surface area contributed by atoms with Gasteiger partial charge in [0.15, 0.2) is 13.2 Å². The van der Waals surface area contributed by atoms with Gasteiger partial charge in [0.2, 0.25) is 0 Å². The van der Waals surface area contributed by atoms with E-state index in [1.807, 2.05) is 0 Å². The first-order chi connectivity index (χ1) is 12.8. The molecule has 0 unspecified atom stereocenters. The van der Waals surface area contributed by atoms with Crippen LogP contribution >= 0.6 is 0 Å². The van der Waals surface area contributed by atoms with Gasteiger partial charge in [-0.1, -0.05) is 25.1 Å². The van der Waals surface area contributed by atoms with E-state index in [9.17, 15) is 18.8 Å². The Morgan fingerprint density at radius 2 is 1.59 bits per heavy atom. The third-order valence-corrected chi connectivity index (χ3v) is 4.36. The Bertz CT molecular complexity index is 704. The predicted octanol–water partition coefficient (Wildman–Crippen LogP) is 3.19. The minimum absolute atomic E-state index is 0.153. The highest BCUT2D eigenvalue weighted by atomic mass is 19.1. The molecular formula is C20H23FO6. The van der Waals surface area contributed by atoms with Crippen LogP contribution in [0, 0.1) is 5.82 Å². The Kier molecular flexibility index (Phi) is 7.10. The largest absolute Gasteiger partial charge is 0.452 e. The zero-order chi connectivity index (χ0) is 19.9. The van der Waals surface area contributed by atoms with Crippen LogP contribution in [0.1, 0.15) is 44.6 Å². The molecule has 6 nitrogen and oxygen atoms in total. The minimum atomic E-state index is -0.860. The van der Waals surface area contributed by atoms with Crippen molar-refractivity contribution >= 4 is 17.9 Å². The highest BCUT2D eigenvalue weighted by molar-refractivity contribution is 5.88. The van der Waals surface area contributed by atoms with E-state index in [1.165, 1.54) is 19.1 Å². The van der Waals surface area contributed by atoms with Crippen LogP contribution in [0.4, 0.5) is 4.39 Å². The van der Waals surface area contributed by atoms with Gasteiger partial charge in [-0.3, -0.25) is 0 Å². The molecule has 1 fully saturated rings. The first-order valence-corrected chi connectivity index (χ1v) is 8.78. The van der Waals surface area contributed by atoms with Gasteiger partial charge in [-0.25, -0.2) is 18.8 Å². The number of carbonyl (C=O) groups is 3. The van der Waals surface area contributed by atoms with E-state index in [0.717, 1.165) is 24.8 Å². The summed E-state index contributed by atoms with van der Waals surface area (Å²) in [7, 11) is 0. The summed E-state index contributed by atoms with van der Waals surface area (Å²) >= 11 is 0. The Morgan fingerprint density at radius 3 is 2.19 bits per heavy atom. The second kappa shape index (κ2) is 9.30. The maximum Gasteiger partial charge on any atom is 0.345 e. The monoisotopic (exact) mass is 378 g/mol. The molecule has 0 spiro atoms. The SMILES string of the molecule is C=C(C)C(=O)OCC(=O)OCC(=O)OC1(c2ccc(F)cc2)CCCCC1. The molecule has 0 saturated heterocycles. The first-order valence-electron chi connectivity index (χ1n) is 8.78. The van der Waals surface area contributed by atoms with Crippen molar-refractivity contribution in [3.8, 4) is 0 Å². The molecule has 0 aromatic heterocycles. The molecule has 1 aromatic carbocycles. The van der Waals surface area contributed by atoms with Crippen LogP contribution < -0.4 is 0 Å². The van der Waals surface area contributed by atoms with Crippen molar-refractivity contribution in [2.75, 3.05) is 13.2 Å². The van der Waals surface area contributed by atoms with E-state index in [1.54, 1.807) is 12.1 Å². The Labute approximate surface area is 157 Å². The normalized spacial score (nSPS) is 15.5. The van der Waals surface area contributed by atoms with Gasteiger partial charge in [-0.15, -0.1) is 0 Å². The molecule has 0 heterocycles. The van der Waals surface area contributed by atoms with E-state index >= 15 is 0 Å². The van der Waals surface area contributed by atoms with Gasteiger partial charge in [0.25, 0.3) is 0 Å². The van der Waals surface area contributed by atoms with E-state index < -0.39 is 36.7 Å². The molecule has 7 heteroatoms. The number of benzene rings is 1. The summed E-state index contributed by atoms with van der Waals surface area (Å²) in [5, 5.41) is 0. The molecule has 0 aliphatic heterocycles. The highest BCUT2D eigenvalue weighted by Gasteiger charge is 2.38. The van der Waals surface area contributed by atoms with Crippen LogP contribution in [0.5, 0.6) is 0 Å². The molecule has 27 heavy (non-hydrogen) atoms. The molecule has 1 aliphatic rings. The lowest BCUT2D eigenvalue weighted by Gasteiger charge is -2.37. The topological polar surface area (TPSA) is 78.9 Å². The Balaban J connectivity index is 1.92. The number of hydrogen-bond donors (Lipinski definition) is 0. The summed E-state index contributed by atoms with van der Waals surface area (Å²) in [6, 6.07) is 5.87. The van der Waals surface area contributed by atoms with E-state index in [0.29, 0.717) is 12.8 Å². The Morgan fingerprint density at radius 1 is 1.00 bits per heavy atom. The molecule has 0 amide bonds. The fourth-order valence-electron chi connectivity index (χ4n) is 3.00. The van der Waals surface area contributed by atoms with E-state index in [2.05, 4.69) is 11.3 Å². The van der Waals surface area contributed by atoms with Crippen molar-refractivity contribution in [3.63, 3.8) is 0 Å². The third-order valence-electron chi connectivity index (χ3n) is 4.36. The molecule has 0 radical (unpaired) electrons. The van der Waals surface area contributed by atoms with Crippen molar-refractivity contribution in [1.29, 1.82) is 0 Å². The maximum absolute atomic E-state index is 13.2. The van der Waals surface area contributed by atoms with Crippen LogP contribution in [0.2, 0.25) is 0 Å². The maximum atomic E-state index is 13.2. The van der Waals surface area contributed by atoms with Crippen LogP contribution in [0.15, 0.2) is 36.4 Å². The van der Waals surface area contributed by atoms with Crippen molar-refractivity contribution in [3.05, 3.63) is 47.8 Å². The summed E-state index contributed by atoms with van der Waals surface area (Å²) < 4.78 is 28.3. The third kappa shape index (κ3) is 5.91. The quantitative estimate of drug-likeness (QED) is 0.412. The summed E-state index contributed by atoms with van der Waals surface area (Å²) in [6.45, 7) is 3.64. The average molecular weight is 378 g/mol. The highest BCUT2D eigenvalue weighted by Crippen LogP contribution is 2.40. The standard InChI is InChI=1S/C20H23FO6/c1-14(2)19(24)26-12-17(22)25-13-18(23)27-20(10-4-3-5-11-20)15-6-8-16(21)9-7-15/h6-9H,1,3-5,10-13H2,2H3. The zero-order valence-electron chi connectivity index (χ0n) is 15.3. The lowest BCUT2D eigenvalue weighted by Crippen LogP contribution is -2.36. The first kappa shape index (κ1) is 20.6. The van der Waals surface area contributed by atoms with Gasteiger partial charge in [-0.05, 0) is 50.3 Å². The summed E-state index contributed by atoms with van der Waals surface area (Å²) in [5.74, 6) is -2.65. The van der Waals surface area contributed by atoms with Crippen molar-refractivity contribution in [2.45, 2.75) is 44.6 Å².